The molecule has 1 aromatic carbocycles. The second-order valence-electron chi connectivity index (χ2n) is 4.04. The van der Waals surface area contributed by atoms with Crippen LogP contribution in [0.5, 0.6) is 5.75 Å². The Labute approximate surface area is 116 Å². The minimum absolute atomic E-state index is 0.179. The first kappa shape index (κ1) is 14.4. The van der Waals surface area contributed by atoms with Crippen LogP contribution in [0.3, 0.4) is 0 Å². The molecule has 1 aliphatic carbocycles. The van der Waals surface area contributed by atoms with Gasteiger partial charge in [0.25, 0.3) is 0 Å². The van der Waals surface area contributed by atoms with E-state index in [1.807, 2.05) is 0 Å². The van der Waals surface area contributed by atoms with Crippen molar-refractivity contribution in [2.75, 3.05) is 4.72 Å². The summed E-state index contributed by atoms with van der Waals surface area (Å²) < 4.78 is 65.6. The van der Waals surface area contributed by atoms with Gasteiger partial charge in [0.2, 0.25) is 10.0 Å². The smallest absolute Gasteiger partial charge is 0.406 e. The summed E-state index contributed by atoms with van der Waals surface area (Å²) in [5, 5.41) is -0.412. The molecule has 1 fully saturated rings. The van der Waals surface area contributed by atoms with E-state index in [1.54, 1.807) is 0 Å². The van der Waals surface area contributed by atoms with Crippen molar-refractivity contribution in [3.8, 4) is 5.75 Å². The molecule has 9 heteroatoms. The number of hydrogen-bond donors (Lipinski definition) is 1. The predicted octanol–water partition coefficient (Wildman–Crippen LogP) is 3.25. The first-order valence-electron chi connectivity index (χ1n) is 5.24. The van der Waals surface area contributed by atoms with Crippen molar-refractivity contribution in [3.05, 3.63) is 22.7 Å². The Morgan fingerprint density at radius 1 is 1.32 bits per heavy atom. The fraction of sp³-hybridized carbons (Fsp3) is 0.400. The number of halogens is 4. The summed E-state index contributed by atoms with van der Waals surface area (Å²) >= 11 is 3.00. The van der Waals surface area contributed by atoms with Crippen molar-refractivity contribution < 1.29 is 26.3 Å². The third-order valence-electron chi connectivity index (χ3n) is 2.39. The Hall–Kier alpha value is -0.960. The minimum Gasteiger partial charge on any atom is -0.406 e. The van der Waals surface area contributed by atoms with E-state index >= 15 is 0 Å². The number of anilines is 1. The zero-order chi connectivity index (χ0) is 14.3. The first-order valence-corrected chi connectivity index (χ1v) is 7.58. The molecule has 0 aromatic heterocycles. The van der Waals surface area contributed by atoms with Crippen molar-refractivity contribution in [2.45, 2.75) is 24.5 Å². The van der Waals surface area contributed by atoms with Gasteiger partial charge in [-0.05, 0) is 47.0 Å². The fourth-order valence-electron chi connectivity index (χ4n) is 1.39. The molecular weight excluding hydrogens is 351 g/mol. The molecule has 1 aromatic rings. The largest absolute Gasteiger partial charge is 0.573 e. The Morgan fingerprint density at radius 2 is 1.95 bits per heavy atom. The van der Waals surface area contributed by atoms with Crippen LogP contribution in [-0.4, -0.2) is 20.0 Å². The summed E-state index contributed by atoms with van der Waals surface area (Å²) in [6.07, 6.45) is -3.58. The van der Waals surface area contributed by atoms with E-state index in [4.69, 9.17) is 0 Å². The van der Waals surface area contributed by atoms with E-state index < -0.39 is 27.4 Å². The van der Waals surface area contributed by atoms with Gasteiger partial charge >= 0.3 is 6.36 Å². The van der Waals surface area contributed by atoms with E-state index in [1.165, 1.54) is 6.07 Å². The SMILES string of the molecule is O=S(=O)(Nc1ccc(OC(F)(F)F)cc1Br)C1CC1. The molecule has 1 aliphatic rings. The van der Waals surface area contributed by atoms with Gasteiger partial charge in [0.1, 0.15) is 5.75 Å². The van der Waals surface area contributed by atoms with Gasteiger partial charge in [0, 0.05) is 4.47 Å². The van der Waals surface area contributed by atoms with E-state index in [0.29, 0.717) is 12.8 Å². The van der Waals surface area contributed by atoms with E-state index in [2.05, 4.69) is 25.4 Å². The van der Waals surface area contributed by atoms with E-state index in [-0.39, 0.29) is 10.2 Å². The maximum atomic E-state index is 12.0. The lowest BCUT2D eigenvalue weighted by atomic mass is 10.3. The van der Waals surface area contributed by atoms with Crippen molar-refractivity contribution >= 4 is 31.6 Å². The number of sulfonamides is 1. The topological polar surface area (TPSA) is 55.4 Å². The third-order valence-corrected chi connectivity index (χ3v) is 4.90. The number of rotatable bonds is 4. The molecule has 0 bridgehead atoms. The molecule has 0 saturated heterocycles. The summed E-state index contributed by atoms with van der Waals surface area (Å²) in [6, 6.07) is 3.31. The lowest BCUT2D eigenvalue weighted by Gasteiger charge is -2.12. The molecule has 0 heterocycles. The second kappa shape index (κ2) is 4.86. The minimum atomic E-state index is -4.78. The molecule has 1 N–H and O–H groups in total. The summed E-state index contributed by atoms with van der Waals surface area (Å²) in [5.74, 6) is -0.422. The third kappa shape index (κ3) is 4.00. The summed E-state index contributed by atoms with van der Waals surface area (Å²) in [6.45, 7) is 0. The van der Waals surface area contributed by atoms with Crippen LogP contribution in [0.15, 0.2) is 22.7 Å². The van der Waals surface area contributed by atoms with E-state index in [0.717, 1.165) is 12.1 Å². The van der Waals surface area contributed by atoms with Crippen LogP contribution in [0.25, 0.3) is 0 Å². The van der Waals surface area contributed by atoms with Crippen molar-refractivity contribution in [2.24, 2.45) is 0 Å². The highest BCUT2D eigenvalue weighted by molar-refractivity contribution is 9.10. The molecule has 0 spiro atoms. The van der Waals surface area contributed by atoms with Crippen LogP contribution in [-0.2, 0) is 10.0 Å². The quantitative estimate of drug-likeness (QED) is 0.897. The standard InChI is InChI=1S/C10H9BrF3NO3S/c11-8-5-6(18-10(12,13)14)1-4-9(8)15-19(16,17)7-2-3-7/h1,4-5,7,15H,2-3H2. The Balaban J connectivity index is 2.15. The maximum absolute atomic E-state index is 12.0. The monoisotopic (exact) mass is 359 g/mol. The van der Waals surface area contributed by atoms with Crippen molar-refractivity contribution in [3.63, 3.8) is 0 Å². The van der Waals surface area contributed by atoms with Gasteiger partial charge in [-0.3, -0.25) is 4.72 Å². The molecule has 0 atom stereocenters. The van der Waals surface area contributed by atoms with Crippen LogP contribution >= 0.6 is 15.9 Å². The number of hydrogen-bond acceptors (Lipinski definition) is 3. The molecule has 106 valence electrons. The van der Waals surface area contributed by atoms with Gasteiger partial charge in [0.15, 0.2) is 0 Å². The van der Waals surface area contributed by atoms with Crippen LogP contribution in [0, 0.1) is 0 Å². The Morgan fingerprint density at radius 3 is 2.42 bits per heavy atom. The summed E-state index contributed by atoms with van der Waals surface area (Å²) in [5.41, 5.74) is 0.182. The molecule has 1 saturated carbocycles. The predicted molar refractivity (Wildman–Crippen MR) is 66.4 cm³/mol. The lowest BCUT2D eigenvalue weighted by molar-refractivity contribution is -0.274. The number of nitrogens with one attached hydrogen (secondary N) is 1. The molecular formula is C10H9BrF3NO3S. The van der Waals surface area contributed by atoms with Gasteiger partial charge in [-0.15, -0.1) is 13.2 Å². The molecule has 19 heavy (non-hydrogen) atoms. The second-order valence-corrected chi connectivity index (χ2v) is 6.85. The summed E-state index contributed by atoms with van der Waals surface area (Å²) in [7, 11) is -3.45. The number of ether oxygens (including phenoxy) is 1. The molecule has 0 aliphatic heterocycles. The maximum Gasteiger partial charge on any atom is 0.573 e. The molecule has 4 nitrogen and oxygen atoms in total. The first-order chi connectivity index (χ1) is 8.67. The van der Waals surface area contributed by atoms with Gasteiger partial charge in [0.05, 0.1) is 10.9 Å². The van der Waals surface area contributed by atoms with Crippen LogP contribution in [0.4, 0.5) is 18.9 Å². The molecule has 0 amide bonds. The average molecular weight is 360 g/mol. The lowest BCUT2D eigenvalue weighted by Crippen LogP contribution is -2.18. The summed E-state index contributed by atoms with van der Waals surface area (Å²) in [4.78, 5) is 0. The highest BCUT2D eigenvalue weighted by Crippen LogP contribution is 2.34. The zero-order valence-corrected chi connectivity index (χ0v) is 11.8. The Bertz CT molecular complexity index is 584. The van der Waals surface area contributed by atoms with Gasteiger partial charge in [-0.2, -0.15) is 0 Å². The average Bonchev–Trinajstić information content (AvgIpc) is 3.03. The fourth-order valence-corrected chi connectivity index (χ4v) is 3.39. The normalized spacial score (nSPS) is 16.2. The highest BCUT2D eigenvalue weighted by Gasteiger charge is 2.36. The van der Waals surface area contributed by atoms with E-state index in [9.17, 15) is 21.6 Å². The van der Waals surface area contributed by atoms with Crippen LogP contribution in [0.1, 0.15) is 12.8 Å². The van der Waals surface area contributed by atoms with Crippen molar-refractivity contribution in [1.82, 2.24) is 0 Å². The molecule has 0 radical (unpaired) electrons. The molecule has 0 unspecified atom stereocenters. The van der Waals surface area contributed by atoms with Crippen LogP contribution in [0.2, 0.25) is 0 Å². The van der Waals surface area contributed by atoms with Crippen molar-refractivity contribution in [1.29, 1.82) is 0 Å². The molecule has 2 rings (SSSR count). The number of alkyl halides is 3. The van der Waals surface area contributed by atoms with Crippen LogP contribution < -0.4 is 9.46 Å². The Kier molecular flexibility index (Phi) is 3.69. The van der Waals surface area contributed by atoms with Gasteiger partial charge in [-0.1, -0.05) is 0 Å². The van der Waals surface area contributed by atoms with Gasteiger partial charge in [-0.25, -0.2) is 8.42 Å². The van der Waals surface area contributed by atoms with Gasteiger partial charge < -0.3 is 4.74 Å². The number of benzene rings is 1. The highest BCUT2D eigenvalue weighted by atomic mass is 79.9. The zero-order valence-electron chi connectivity index (χ0n) is 9.37.